The Balaban J connectivity index is 1.63. The second-order valence-electron chi connectivity index (χ2n) is 7.11. The molecule has 0 amide bonds. The molecule has 4 rings (SSSR count). The second-order valence-corrected chi connectivity index (χ2v) is 9.26. The van der Waals surface area contributed by atoms with Crippen LogP contribution in [0, 0.1) is 17.5 Å². The number of nitrogens with one attached hydrogen (secondary N) is 1. The minimum Gasteiger partial charge on any atom is -0.435 e. The number of aromatic nitrogens is 3. The highest BCUT2D eigenvalue weighted by atomic mass is 35.5. The summed E-state index contributed by atoms with van der Waals surface area (Å²) in [5.74, 6) is -6.57. The third kappa shape index (κ3) is 5.61. The lowest BCUT2D eigenvalue weighted by Gasteiger charge is -2.14. The number of anilines is 2. The van der Waals surface area contributed by atoms with Crippen LogP contribution in [0.5, 0.6) is 11.6 Å². The molecular formula is C22H15ClF3N5O3S. The van der Waals surface area contributed by atoms with Gasteiger partial charge in [-0.2, -0.15) is 4.39 Å². The summed E-state index contributed by atoms with van der Waals surface area (Å²) in [5, 5.41) is 0.382. The summed E-state index contributed by atoms with van der Waals surface area (Å²) in [7, 11) is -4.30. The predicted molar refractivity (Wildman–Crippen MR) is 124 cm³/mol. The SMILES string of the molecule is Nc1nccc(-c2cccnc2Oc2cc(F)c(NS(=O)(=O)Cc3ccc(Cl)cc3)c(F)c2F)n1. The van der Waals surface area contributed by atoms with Crippen molar-refractivity contribution in [3.05, 3.63) is 89.0 Å². The zero-order valence-corrected chi connectivity index (χ0v) is 19.1. The van der Waals surface area contributed by atoms with Gasteiger partial charge in [-0.1, -0.05) is 23.7 Å². The monoisotopic (exact) mass is 521 g/mol. The van der Waals surface area contributed by atoms with Crippen LogP contribution in [0.25, 0.3) is 11.3 Å². The molecule has 0 saturated carbocycles. The molecule has 0 spiro atoms. The number of benzene rings is 2. The van der Waals surface area contributed by atoms with Gasteiger partial charge in [0.05, 0.1) is 17.0 Å². The molecule has 0 unspecified atom stereocenters. The minimum atomic E-state index is -4.30. The number of nitrogens with zero attached hydrogens (tertiary/aromatic N) is 3. The molecule has 0 aliphatic rings. The van der Waals surface area contributed by atoms with E-state index in [-0.39, 0.29) is 23.1 Å². The van der Waals surface area contributed by atoms with Crippen molar-refractivity contribution in [2.24, 2.45) is 0 Å². The van der Waals surface area contributed by atoms with Crippen LogP contribution in [0.4, 0.5) is 24.8 Å². The van der Waals surface area contributed by atoms with Crippen molar-refractivity contribution in [3.8, 4) is 22.9 Å². The maximum absolute atomic E-state index is 14.8. The molecule has 8 nitrogen and oxygen atoms in total. The maximum atomic E-state index is 14.8. The average Bonchev–Trinajstić information content (AvgIpc) is 2.82. The van der Waals surface area contributed by atoms with Crippen molar-refractivity contribution in [3.63, 3.8) is 0 Å². The summed E-state index contributed by atoms with van der Waals surface area (Å²) in [6, 6.07) is 10.8. The largest absolute Gasteiger partial charge is 0.435 e. The van der Waals surface area contributed by atoms with Crippen molar-refractivity contribution in [1.29, 1.82) is 0 Å². The van der Waals surface area contributed by atoms with E-state index < -0.39 is 44.7 Å². The van der Waals surface area contributed by atoms with Crippen LogP contribution >= 0.6 is 11.6 Å². The molecule has 0 radical (unpaired) electrons. The Kier molecular flexibility index (Phi) is 6.76. The van der Waals surface area contributed by atoms with E-state index in [1.54, 1.807) is 4.72 Å². The molecule has 0 bridgehead atoms. The molecule has 0 atom stereocenters. The van der Waals surface area contributed by atoms with E-state index >= 15 is 0 Å². The standard InChI is InChI=1S/C22H15ClF3N5O3S/c23-13-5-3-12(4-6-13)11-35(32,33)31-20-15(24)10-17(18(25)19(20)26)34-21-14(2-1-8-28-21)16-7-9-29-22(27)30-16/h1-10,31H,11H2,(H2,27,29,30). The number of pyridine rings is 1. The van der Waals surface area contributed by atoms with Crippen LogP contribution in [0.2, 0.25) is 5.02 Å². The van der Waals surface area contributed by atoms with Gasteiger partial charge in [-0.3, -0.25) is 4.72 Å². The summed E-state index contributed by atoms with van der Waals surface area (Å²) >= 11 is 5.76. The fourth-order valence-corrected chi connectivity index (χ4v) is 4.36. The van der Waals surface area contributed by atoms with E-state index in [0.29, 0.717) is 16.7 Å². The van der Waals surface area contributed by atoms with E-state index in [4.69, 9.17) is 22.1 Å². The Morgan fingerprint density at radius 1 is 1.00 bits per heavy atom. The fraction of sp³-hybridized carbons (Fsp3) is 0.0455. The van der Waals surface area contributed by atoms with Gasteiger partial charge in [0.1, 0.15) is 5.69 Å². The summed E-state index contributed by atoms with van der Waals surface area (Å²) in [5.41, 5.74) is 5.21. The van der Waals surface area contributed by atoms with E-state index in [1.165, 1.54) is 54.9 Å². The van der Waals surface area contributed by atoms with Gasteiger partial charge in [0, 0.05) is 23.5 Å². The topological polar surface area (TPSA) is 120 Å². The quantitative estimate of drug-likeness (QED) is 0.331. The zero-order valence-electron chi connectivity index (χ0n) is 17.5. The third-order valence-corrected chi connectivity index (χ3v) is 6.06. The molecule has 2 aromatic heterocycles. The predicted octanol–water partition coefficient (Wildman–Crippen LogP) is 4.93. The van der Waals surface area contributed by atoms with Gasteiger partial charge in [0.25, 0.3) is 0 Å². The lowest BCUT2D eigenvalue weighted by Crippen LogP contribution is -2.17. The summed E-state index contributed by atoms with van der Waals surface area (Å²) in [6.45, 7) is 0. The molecule has 0 saturated heterocycles. The molecule has 0 fully saturated rings. The fourth-order valence-electron chi connectivity index (χ4n) is 3.03. The lowest BCUT2D eigenvalue weighted by atomic mass is 10.2. The van der Waals surface area contributed by atoms with E-state index in [0.717, 1.165) is 0 Å². The Bertz CT molecular complexity index is 1510. The first kappa shape index (κ1) is 24.2. The van der Waals surface area contributed by atoms with Gasteiger partial charge < -0.3 is 10.5 Å². The van der Waals surface area contributed by atoms with Crippen molar-refractivity contribution < 1.29 is 26.3 Å². The highest BCUT2D eigenvalue weighted by Gasteiger charge is 2.25. The normalized spacial score (nSPS) is 11.3. The number of hydrogen-bond acceptors (Lipinski definition) is 7. The Morgan fingerprint density at radius 3 is 2.46 bits per heavy atom. The summed E-state index contributed by atoms with van der Waals surface area (Å²) in [6.07, 6.45) is 2.69. The van der Waals surface area contributed by atoms with E-state index in [1.807, 2.05) is 0 Å². The molecule has 0 aliphatic heterocycles. The molecule has 3 N–H and O–H groups in total. The highest BCUT2D eigenvalue weighted by Crippen LogP contribution is 2.35. The van der Waals surface area contributed by atoms with E-state index in [9.17, 15) is 21.6 Å². The number of halogens is 4. The first-order valence-corrected chi connectivity index (χ1v) is 11.8. The van der Waals surface area contributed by atoms with Crippen LogP contribution < -0.4 is 15.2 Å². The number of rotatable bonds is 7. The minimum absolute atomic E-state index is 0.0455. The van der Waals surface area contributed by atoms with Gasteiger partial charge in [0.15, 0.2) is 17.4 Å². The molecule has 0 aliphatic carbocycles. The van der Waals surface area contributed by atoms with Crippen molar-refractivity contribution in [2.75, 3.05) is 10.5 Å². The van der Waals surface area contributed by atoms with Crippen LogP contribution in [0.3, 0.4) is 0 Å². The van der Waals surface area contributed by atoms with Crippen molar-refractivity contribution >= 4 is 33.3 Å². The zero-order chi connectivity index (χ0) is 25.2. The van der Waals surface area contributed by atoms with Crippen LogP contribution in [-0.2, 0) is 15.8 Å². The number of sulfonamides is 1. The molecular weight excluding hydrogens is 507 g/mol. The van der Waals surface area contributed by atoms with E-state index in [2.05, 4.69) is 15.0 Å². The number of nitrogen functional groups attached to an aromatic ring is 1. The molecule has 180 valence electrons. The number of nitrogens with two attached hydrogens (primary N) is 1. The summed E-state index contributed by atoms with van der Waals surface area (Å²) in [4.78, 5) is 11.7. The van der Waals surface area contributed by atoms with Gasteiger partial charge in [0.2, 0.25) is 27.7 Å². The molecule has 2 aromatic carbocycles. The molecule has 4 aromatic rings. The van der Waals surface area contributed by atoms with Gasteiger partial charge >= 0.3 is 0 Å². The van der Waals surface area contributed by atoms with Gasteiger partial charge in [-0.05, 0) is 35.9 Å². The Hall–Kier alpha value is -3.90. The molecule has 35 heavy (non-hydrogen) atoms. The maximum Gasteiger partial charge on any atom is 0.237 e. The lowest BCUT2D eigenvalue weighted by molar-refractivity contribution is 0.401. The van der Waals surface area contributed by atoms with Gasteiger partial charge in [-0.15, -0.1) is 0 Å². The Labute approximate surface area is 202 Å². The highest BCUT2D eigenvalue weighted by molar-refractivity contribution is 7.91. The third-order valence-electron chi connectivity index (χ3n) is 4.58. The molecule has 2 heterocycles. The number of hydrogen-bond donors (Lipinski definition) is 2. The second kappa shape index (κ2) is 9.76. The van der Waals surface area contributed by atoms with Crippen LogP contribution in [0.1, 0.15) is 5.56 Å². The van der Waals surface area contributed by atoms with Crippen molar-refractivity contribution in [2.45, 2.75) is 5.75 Å². The van der Waals surface area contributed by atoms with Gasteiger partial charge in [-0.25, -0.2) is 32.2 Å². The smallest absolute Gasteiger partial charge is 0.237 e. The Morgan fingerprint density at radius 2 is 1.74 bits per heavy atom. The van der Waals surface area contributed by atoms with Crippen LogP contribution in [-0.4, -0.2) is 23.4 Å². The molecule has 13 heteroatoms. The number of ether oxygens (including phenoxy) is 1. The first-order valence-electron chi connectivity index (χ1n) is 9.77. The van der Waals surface area contributed by atoms with Crippen LogP contribution in [0.15, 0.2) is 60.9 Å². The first-order chi connectivity index (χ1) is 16.6. The van der Waals surface area contributed by atoms with Crippen molar-refractivity contribution in [1.82, 2.24) is 15.0 Å². The summed E-state index contributed by atoms with van der Waals surface area (Å²) < 4.78 is 76.1. The average molecular weight is 522 g/mol.